The van der Waals surface area contributed by atoms with Crippen molar-refractivity contribution in [3.63, 3.8) is 0 Å². The Bertz CT molecular complexity index is 641. The van der Waals surface area contributed by atoms with Gasteiger partial charge in [0, 0.05) is 0 Å². The van der Waals surface area contributed by atoms with Crippen molar-refractivity contribution in [2.24, 2.45) is 5.73 Å². The van der Waals surface area contributed by atoms with Gasteiger partial charge >= 0.3 is 0 Å². The third-order valence-electron chi connectivity index (χ3n) is 2.85. The lowest BCUT2D eigenvalue weighted by atomic mass is 10.1. The van der Waals surface area contributed by atoms with Crippen LogP contribution < -0.4 is 5.73 Å². The van der Waals surface area contributed by atoms with Gasteiger partial charge in [-0.3, -0.25) is 0 Å². The topological polar surface area (TPSA) is 38.9 Å². The summed E-state index contributed by atoms with van der Waals surface area (Å²) in [6, 6.07) is 10.7. The van der Waals surface area contributed by atoms with Gasteiger partial charge in [0.05, 0.1) is 15.1 Å². The van der Waals surface area contributed by atoms with E-state index in [0.29, 0.717) is 0 Å². The van der Waals surface area contributed by atoms with E-state index in [2.05, 4.69) is 35.7 Å². The third-order valence-corrected chi connectivity index (χ3v) is 4.93. The van der Waals surface area contributed by atoms with Crippen LogP contribution in [0, 0.1) is 0 Å². The second-order valence-electron chi connectivity index (χ2n) is 4.19. The maximum atomic E-state index is 5.55. The van der Waals surface area contributed by atoms with Crippen LogP contribution in [0.25, 0.3) is 20.1 Å². The Kier molecular flexibility index (Phi) is 3.41. The molecule has 0 atom stereocenters. The van der Waals surface area contributed by atoms with Crippen LogP contribution in [0.2, 0.25) is 0 Å². The number of thiazole rings is 1. The van der Waals surface area contributed by atoms with Gasteiger partial charge in [-0.1, -0.05) is 12.1 Å². The maximum absolute atomic E-state index is 5.55. The zero-order chi connectivity index (χ0) is 12.4. The molecule has 0 saturated heterocycles. The molecule has 0 unspecified atom stereocenters. The van der Waals surface area contributed by atoms with Crippen molar-refractivity contribution in [3.8, 4) is 9.88 Å². The van der Waals surface area contributed by atoms with E-state index in [1.165, 1.54) is 15.1 Å². The lowest BCUT2D eigenvalue weighted by Gasteiger charge is -1.98. The maximum Gasteiger partial charge on any atom is 0.134 e. The number of rotatable bonds is 4. The Balaban J connectivity index is 1.97. The van der Waals surface area contributed by atoms with Gasteiger partial charge in [0.25, 0.3) is 0 Å². The van der Waals surface area contributed by atoms with E-state index in [1.807, 2.05) is 0 Å². The van der Waals surface area contributed by atoms with E-state index < -0.39 is 0 Å². The normalized spacial score (nSPS) is 11.2. The van der Waals surface area contributed by atoms with Crippen LogP contribution in [0.1, 0.15) is 12.0 Å². The Morgan fingerprint density at radius 1 is 1.22 bits per heavy atom. The fourth-order valence-corrected chi connectivity index (χ4v) is 3.68. The van der Waals surface area contributed by atoms with Crippen LogP contribution in [0.3, 0.4) is 0 Å². The third kappa shape index (κ3) is 2.32. The highest BCUT2D eigenvalue weighted by Gasteiger charge is 2.07. The summed E-state index contributed by atoms with van der Waals surface area (Å²) in [5, 5.41) is 3.21. The van der Waals surface area contributed by atoms with Crippen LogP contribution in [-0.2, 0) is 6.42 Å². The van der Waals surface area contributed by atoms with Gasteiger partial charge in [0.2, 0.25) is 0 Å². The molecule has 3 aromatic rings. The van der Waals surface area contributed by atoms with Gasteiger partial charge < -0.3 is 5.73 Å². The molecule has 2 N–H and O–H groups in total. The number of aryl methyl sites for hydroxylation is 1. The molecule has 0 saturated carbocycles. The Hall–Kier alpha value is -1.23. The van der Waals surface area contributed by atoms with E-state index in [9.17, 15) is 0 Å². The molecule has 0 aliphatic heterocycles. The van der Waals surface area contributed by atoms with Gasteiger partial charge in [0.1, 0.15) is 5.01 Å². The first-order chi connectivity index (χ1) is 8.86. The molecule has 1 aromatic carbocycles. The van der Waals surface area contributed by atoms with Crippen LogP contribution in [-0.4, -0.2) is 11.5 Å². The minimum atomic E-state index is 0.746. The molecule has 0 fully saturated rings. The van der Waals surface area contributed by atoms with E-state index in [-0.39, 0.29) is 0 Å². The summed E-state index contributed by atoms with van der Waals surface area (Å²) >= 11 is 3.50. The molecule has 18 heavy (non-hydrogen) atoms. The molecule has 92 valence electrons. The van der Waals surface area contributed by atoms with Crippen molar-refractivity contribution in [3.05, 3.63) is 41.3 Å². The predicted molar refractivity (Wildman–Crippen MR) is 80.3 cm³/mol. The summed E-state index contributed by atoms with van der Waals surface area (Å²) in [5.41, 5.74) is 7.98. The van der Waals surface area contributed by atoms with Crippen molar-refractivity contribution in [1.29, 1.82) is 0 Å². The molecule has 0 bridgehead atoms. The van der Waals surface area contributed by atoms with Gasteiger partial charge in [-0.2, -0.15) is 0 Å². The minimum absolute atomic E-state index is 0.746. The minimum Gasteiger partial charge on any atom is -0.330 e. The van der Waals surface area contributed by atoms with Crippen molar-refractivity contribution < 1.29 is 0 Å². The van der Waals surface area contributed by atoms with Crippen molar-refractivity contribution in [2.45, 2.75) is 12.8 Å². The van der Waals surface area contributed by atoms with Gasteiger partial charge in [-0.15, -0.1) is 22.7 Å². The molecule has 2 aromatic heterocycles. The zero-order valence-corrected chi connectivity index (χ0v) is 11.6. The number of aromatic nitrogens is 1. The lowest BCUT2D eigenvalue weighted by Crippen LogP contribution is -2.00. The summed E-state index contributed by atoms with van der Waals surface area (Å²) in [4.78, 5) is 5.97. The molecule has 0 amide bonds. The quantitative estimate of drug-likeness (QED) is 0.783. The molecule has 2 heterocycles. The number of benzene rings is 1. The molecular formula is C14H14N2S2. The zero-order valence-electron chi connectivity index (χ0n) is 9.93. The molecule has 4 heteroatoms. The Morgan fingerprint density at radius 2 is 2.17 bits per heavy atom. The summed E-state index contributed by atoms with van der Waals surface area (Å²) < 4.78 is 1.26. The number of nitrogens with two attached hydrogens (primary N) is 1. The molecule has 0 aliphatic rings. The SMILES string of the molecule is NCCCc1ccc2sc(-c3cccs3)nc2c1. The highest BCUT2D eigenvalue weighted by Crippen LogP contribution is 2.33. The fraction of sp³-hybridized carbons (Fsp3) is 0.214. The lowest BCUT2D eigenvalue weighted by molar-refractivity contribution is 0.833. The summed E-state index contributed by atoms with van der Waals surface area (Å²) in [6.45, 7) is 0.746. The predicted octanol–water partition coefficient (Wildman–Crippen LogP) is 3.92. The standard InChI is InChI=1S/C14H14N2S2/c15-7-1-3-10-5-6-12-11(9-10)16-14(18-12)13-4-2-8-17-13/h2,4-6,8-9H,1,3,7,15H2. The monoisotopic (exact) mass is 274 g/mol. The molecule has 0 radical (unpaired) electrons. The number of hydrogen-bond acceptors (Lipinski definition) is 4. The van der Waals surface area contributed by atoms with Crippen LogP contribution >= 0.6 is 22.7 Å². The Labute approximate surface area is 114 Å². The van der Waals surface area contributed by atoms with Crippen molar-refractivity contribution in [1.82, 2.24) is 4.98 Å². The van der Waals surface area contributed by atoms with Crippen LogP contribution in [0.4, 0.5) is 0 Å². The average molecular weight is 274 g/mol. The van der Waals surface area contributed by atoms with E-state index in [0.717, 1.165) is 29.9 Å². The van der Waals surface area contributed by atoms with Gasteiger partial charge in [-0.05, 0) is 48.5 Å². The number of fused-ring (bicyclic) bond motifs is 1. The second kappa shape index (κ2) is 5.18. The first-order valence-electron chi connectivity index (χ1n) is 6.00. The smallest absolute Gasteiger partial charge is 0.134 e. The Morgan fingerprint density at radius 3 is 2.94 bits per heavy atom. The number of nitrogens with zero attached hydrogens (tertiary/aromatic N) is 1. The van der Waals surface area contributed by atoms with Gasteiger partial charge in [0.15, 0.2) is 0 Å². The molecular weight excluding hydrogens is 260 g/mol. The van der Waals surface area contributed by atoms with E-state index in [4.69, 9.17) is 10.7 Å². The summed E-state index contributed by atoms with van der Waals surface area (Å²) in [6.07, 6.45) is 2.08. The average Bonchev–Trinajstić information content (AvgIpc) is 3.03. The first-order valence-corrected chi connectivity index (χ1v) is 7.70. The molecule has 0 aliphatic carbocycles. The number of hydrogen-bond donors (Lipinski definition) is 1. The van der Waals surface area contributed by atoms with Crippen LogP contribution in [0.15, 0.2) is 35.7 Å². The molecule has 0 spiro atoms. The van der Waals surface area contributed by atoms with Crippen LogP contribution in [0.5, 0.6) is 0 Å². The van der Waals surface area contributed by atoms with Crippen molar-refractivity contribution >= 4 is 32.9 Å². The summed E-state index contributed by atoms with van der Waals surface area (Å²) in [5.74, 6) is 0. The number of thiophene rings is 1. The largest absolute Gasteiger partial charge is 0.330 e. The molecule has 3 rings (SSSR count). The van der Waals surface area contributed by atoms with Gasteiger partial charge in [-0.25, -0.2) is 4.98 Å². The highest BCUT2D eigenvalue weighted by molar-refractivity contribution is 7.25. The highest BCUT2D eigenvalue weighted by atomic mass is 32.1. The summed E-state index contributed by atoms with van der Waals surface area (Å²) in [7, 11) is 0. The second-order valence-corrected chi connectivity index (χ2v) is 6.17. The van der Waals surface area contributed by atoms with E-state index >= 15 is 0 Å². The van der Waals surface area contributed by atoms with E-state index in [1.54, 1.807) is 22.7 Å². The van der Waals surface area contributed by atoms with Crippen molar-refractivity contribution in [2.75, 3.05) is 6.54 Å². The fourth-order valence-electron chi connectivity index (χ4n) is 1.94. The first kappa shape index (κ1) is 11.8. The molecule has 2 nitrogen and oxygen atoms in total.